The van der Waals surface area contributed by atoms with Crippen LogP contribution >= 0.6 is 0 Å². The van der Waals surface area contributed by atoms with Crippen molar-refractivity contribution < 1.29 is 9.90 Å². The van der Waals surface area contributed by atoms with Crippen LogP contribution in [0.25, 0.3) is 10.4 Å². The highest BCUT2D eigenvalue weighted by Gasteiger charge is 2.53. The molecule has 1 saturated carbocycles. The van der Waals surface area contributed by atoms with Crippen LogP contribution in [0.5, 0.6) is 0 Å². The van der Waals surface area contributed by atoms with Gasteiger partial charge in [-0.2, -0.15) is 0 Å². The summed E-state index contributed by atoms with van der Waals surface area (Å²) in [7, 11) is 0. The van der Waals surface area contributed by atoms with E-state index in [0.717, 1.165) is 6.42 Å². The lowest BCUT2D eigenvalue weighted by Crippen LogP contribution is -2.54. The fraction of sp³-hybridized carbons (Fsp3) is 0.917. The third-order valence-corrected chi connectivity index (χ3v) is 3.78. The van der Waals surface area contributed by atoms with Gasteiger partial charge in [0.15, 0.2) is 0 Å². The smallest absolute Gasteiger partial charge is 0.324 e. The Balaban J connectivity index is 2.65. The van der Waals surface area contributed by atoms with Crippen molar-refractivity contribution in [2.45, 2.75) is 45.6 Å². The fourth-order valence-electron chi connectivity index (χ4n) is 3.11. The second-order valence-corrected chi connectivity index (χ2v) is 5.96. The van der Waals surface area contributed by atoms with Gasteiger partial charge in [0.05, 0.1) is 0 Å². The molecule has 0 spiro atoms. The SMILES string of the molecule is CC1CC(C)(C)CC1(NCCCN=[N+]=[N-])C(=O)O. The minimum Gasteiger partial charge on any atom is -0.480 e. The van der Waals surface area contributed by atoms with Gasteiger partial charge < -0.3 is 10.4 Å². The highest BCUT2D eigenvalue weighted by Crippen LogP contribution is 2.47. The van der Waals surface area contributed by atoms with Crippen LogP contribution in [0.1, 0.15) is 40.0 Å². The first-order valence-electron chi connectivity index (χ1n) is 6.33. The van der Waals surface area contributed by atoms with Gasteiger partial charge in [-0.25, -0.2) is 0 Å². The first kappa shape index (κ1) is 14.8. The van der Waals surface area contributed by atoms with Crippen LogP contribution in [-0.2, 0) is 4.79 Å². The number of azide groups is 1. The van der Waals surface area contributed by atoms with Crippen LogP contribution in [0.3, 0.4) is 0 Å². The average molecular weight is 254 g/mol. The predicted octanol–water partition coefficient (Wildman–Crippen LogP) is 2.56. The van der Waals surface area contributed by atoms with Crippen LogP contribution in [0.15, 0.2) is 5.11 Å². The Bertz CT molecular complexity index is 363. The number of carbonyl (C=O) groups is 1. The number of rotatable bonds is 6. The number of hydrogen-bond acceptors (Lipinski definition) is 3. The summed E-state index contributed by atoms with van der Waals surface area (Å²) in [4.78, 5) is 14.3. The lowest BCUT2D eigenvalue weighted by atomic mass is 9.86. The fourth-order valence-corrected chi connectivity index (χ4v) is 3.11. The van der Waals surface area contributed by atoms with Gasteiger partial charge in [0.2, 0.25) is 0 Å². The molecule has 1 rings (SSSR count). The van der Waals surface area contributed by atoms with Crippen molar-refractivity contribution in [2.24, 2.45) is 16.4 Å². The Morgan fingerprint density at radius 1 is 1.61 bits per heavy atom. The molecule has 0 aromatic carbocycles. The van der Waals surface area contributed by atoms with Crippen LogP contribution in [0.2, 0.25) is 0 Å². The first-order chi connectivity index (χ1) is 8.34. The Hall–Kier alpha value is -1.26. The van der Waals surface area contributed by atoms with Crippen molar-refractivity contribution in [3.8, 4) is 0 Å². The maximum Gasteiger partial charge on any atom is 0.324 e. The number of aliphatic carboxylic acids is 1. The number of carboxylic acid groups (broad SMARTS) is 1. The molecule has 18 heavy (non-hydrogen) atoms. The second-order valence-electron chi connectivity index (χ2n) is 5.96. The Morgan fingerprint density at radius 2 is 2.28 bits per heavy atom. The molecule has 2 atom stereocenters. The molecule has 0 aliphatic heterocycles. The molecule has 0 aromatic heterocycles. The standard InChI is InChI=1S/C12H22N4O2/c1-9-7-11(2,3)8-12(9,10(17)18)14-5-4-6-15-16-13/h9,14H,4-8H2,1-3H3,(H,17,18). The van der Waals surface area contributed by atoms with E-state index < -0.39 is 11.5 Å². The highest BCUT2D eigenvalue weighted by atomic mass is 16.4. The number of hydrogen-bond donors (Lipinski definition) is 2. The van der Waals surface area contributed by atoms with E-state index in [2.05, 4.69) is 29.2 Å². The van der Waals surface area contributed by atoms with Gasteiger partial charge in [0, 0.05) is 11.5 Å². The van der Waals surface area contributed by atoms with E-state index in [4.69, 9.17) is 5.53 Å². The predicted molar refractivity (Wildman–Crippen MR) is 69.2 cm³/mol. The van der Waals surface area contributed by atoms with Crippen molar-refractivity contribution in [1.29, 1.82) is 0 Å². The van der Waals surface area contributed by atoms with E-state index in [1.807, 2.05) is 6.92 Å². The third kappa shape index (κ3) is 3.15. The lowest BCUT2D eigenvalue weighted by molar-refractivity contribution is -0.146. The third-order valence-electron chi connectivity index (χ3n) is 3.78. The molecule has 1 fully saturated rings. The van der Waals surface area contributed by atoms with Gasteiger partial charge in [-0.1, -0.05) is 25.9 Å². The monoisotopic (exact) mass is 254 g/mol. The van der Waals surface area contributed by atoms with Crippen LogP contribution in [-0.4, -0.2) is 29.7 Å². The second kappa shape index (κ2) is 5.59. The van der Waals surface area contributed by atoms with Crippen LogP contribution in [0, 0.1) is 11.3 Å². The normalized spacial score (nSPS) is 29.8. The molecule has 0 aromatic rings. The number of nitrogens with one attached hydrogen (secondary N) is 1. The van der Waals surface area contributed by atoms with Gasteiger partial charge in [0.1, 0.15) is 5.54 Å². The molecule has 1 aliphatic carbocycles. The Kier molecular flexibility index (Phi) is 4.59. The molecule has 0 radical (unpaired) electrons. The maximum atomic E-state index is 11.6. The molecule has 0 amide bonds. The maximum absolute atomic E-state index is 11.6. The topological polar surface area (TPSA) is 98.1 Å². The molecule has 102 valence electrons. The van der Waals surface area contributed by atoms with Gasteiger partial charge in [-0.15, -0.1) is 0 Å². The summed E-state index contributed by atoms with van der Waals surface area (Å²) in [5.41, 5.74) is 7.39. The van der Waals surface area contributed by atoms with E-state index in [1.165, 1.54) is 0 Å². The minimum absolute atomic E-state index is 0.0512. The Morgan fingerprint density at radius 3 is 2.72 bits per heavy atom. The van der Waals surface area contributed by atoms with Gasteiger partial charge >= 0.3 is 5.97 Å². The summed E-state index contributed by atoms with van der Waals surface area (Å²) >= 11 is 0. The zero-order valence-corrected chi connectivity index (χ0v) is 11.3. The van der Waals surface area contributed by atoms with Gasteiger partial charge in [0.25, 0.3) is 0 Å². The molecule has 6 heteroatoms. The average Bonchev–Trinajstić information content (AvgIpc) is 2.49. The molecule has 6 nitrogen and oxygen atoms in total. The zero-order valence-electron chi connectivity index (χ0n) is 11.3. The molecule has 1 aliphatic rings. The van der Waals surface area contributed by atoms with Crippen LogP contribution < -0.4 is 5.32 Å². The molecule has 2 N–H and O–H groups in total. The minimum atomic E-state index is -0.833. The quantitative estimate of drug-likeness (QED) is 0.330. The van der Waals surface area contributed by atoms with Gasteiger partial charge in [-0.3, -0.25) is 4.79 Å². The molecule has 0 heterocycles. The summed E-state index contributed by atoms with van der Waals surface area (Å²) in [6.45, 7) is 7.16. The summed E-state index contributed by atoms with van der Waals surface area (Å²) in [5.74, 6) is -0.672. The largest absolute Gasteiger partial charge is 0.480 e. The zero-order chi connectivity index (χ0) is 13.8. The van der Waals surface area contributed by atoms with Crippen molar-refractivity contribution in [3.63, 3.8) is 0 Å². The molecular weight excluding hydrogens is 232 g/mol. The van der Waals surface area contributed by atoms with E-state index in [-0.39, 0.29) is 11.3 Å². The molecule has 2 unspecified atom stereocenters. The summed E-state index contributed by atoms with van der Waals surface area (Å²) in [6.07, 6.45) is 2.20. The van der Waals surface area contributed by atoms with Crippen molar-refractivity contribution in [1.82, 2.24) is 5.32 Å². The van der Waals surface area contributed by atoms with Crippen molar-refractivity contribution >= 4 is 5.97 Å². The Labute approximate surface area is 107 Å². The summed E-state index contributed by atoms with van der Waals surface area (Å²) < 4.78 is 0. The number of nitrogens with zero attached hydrogens (tertiary/aromatic N) is 3. The summed E-state index contributed by atoms with van der Waals surface area (Å²) in [6, 6.07) is 0. The van der Waals surface area contributed by atoms with E-state index in [9.17, 15) is 9.90 Å². The molecule has 0 saturated heterocycles. The highest BCUT2D eigenvalue weighted by molar-refractivity contribution is 5.80. The lowest BCUT2D eigenvalue weighted by Gasteiger charge is -2.31. The molecular formula is C12H22N4O2. The molecule has 0 bridgehead atoms. The van der Waals surface area contributed by atoms with Crippen molar-refractivity contribution in [3.05, 3.63) is 10.4 Å². The van der Waals surface area contributed by atoms with E-state index >= 15 is 0 Å². The van der Waals surface area contributed by atoms with Crippen LogP contribution in [0.4, 0.5) is 0 Å². The first-order valence-corrected chi connectivity index (χ1v) is 6.33. The number of carboxylic acids is 1. The van der Waals surface area contributed by atoms with Gasteiger partial charge in [-0.05, 0) is 42.7 Å². The van der Waals surface area contributed by atoms with Crippen molar-refractivity contribution in [2.75, 3.05) is 13.1 Å². The van der Waals surface area contributed by atoms with E-state index in [1.54, 1.807) is 0 Å². The van der Waals surface area contributed by atoms with E-state index in [0.29, 0.717) is 25.9 Å². The summed E-state index contributed by atoms with van der Waals surface area (Å²) in [5, 5.41) is 16.1.